The molecule has 0 fully saturated rings. The number of hydrogen-bond acceptors (Lipinski definition) is 3. The van der Waals surface area contributed by atoms with Gasteiger partial charge in [-0.2, -0.15) is 10.2 Å². The van der Waals surface area contributed by atoms with Crippen LogP contribution in [-0.4, -0.2) is 16.1 Å². The van der Waals surface area contributed by atoms with Gasteiger partial charge in [-0.15, -0.1) is 4.79 Å². The third kappa shape index (κ3) is 3.30. The molecule has 0 aliphatic carbocycles. The van der Waals surface area contributed by atoms with E-state index in [1.165, 1.54) is 4.79 Å². The van der Waals surface area contributed by atoms with Gasteiger partial charge in [0.1, 0.15) is 0 Å². The van der Waals surface area contributed by atoms with Gasteiger partial charge in [-0.1, -0.05) is 78.9 Å². The second-order valence-electron chi connectivity index (χ2n) is 6.00. The Morgan fingerprint density at radius 2 is 1.42 bits per heavy atom. The maximum Gasteiger partial charge on any atom is 0.295 e. The number of rotatable bonds is 4. The Morgan fingerprint density at radius 3 is 2.15 bits per heavy atom. The van der Waals surface area contributed by atoms with Crippen molar-refractivity contribution in [1.82, 2.24) is 9.89 Å². The summed E-state index contributed by atoms with van der Waals surface area (Å²) in [5, 5.41) is 10.3. The van der Waals surface area contributed by atoms with Crippen LogP contribution in [0.25, 0.3) is 10.8 Å². The van der Waals surface area contributed by atoms with Crippen molar-refractivity contribution in [3.8, 4) is 0 Å². The van der Waals surface area contributed by atoms with E-state index in [0.717, 1.165) is 22.2 Å². The van der Waals surface area contributed by atoms with Crippen molar-refractivity contribution >= 4 is 17.0 Å². The highest BCUT2D eigenvalue weighted by atomic mass is 16.1. The van der Waals surface area contributed by atoms with Crippen molar-refractivity contribution < 1.29 is 0 Å². The van der Waals surface area contributed by atoms with Crippen LogP contribution in [0.1, 0.15) is 16.8 Å². The molecule has 0 N–H and O–H groups in total. The van der Waals surface area contributed by atoms with Crippen LogP contribution >= 0.6 is 0 Å². The molecule has 0 atom stereocenters. The molecule has 126 valence electrons. The summed E-state index contributed by atoms with van der Waals surface area (Å²) in [5.41, 5.74) is 2.67. The molecule has 0 saturated carbocycles. The molecule has 3 aromatic carbocycles. The monoisotopic (exact) mass is 339 g/mol. The average Bonchev–Trinajstić information content (AvgIpc) is 2.71. The van der Waals surface area contributed by atoms with Crippen LogP contribution in [0.4, 0.5) is 0 Å². The third-order valence-corrected chi connectivity index (χ3v) is 4.20. The van der Waals surface area contributed by atoms with Gasteiger partial charge in [0, 0.05) is 11.8 Å². The van der Waals surface area contributed by atoms with Gasteiger partial charge in [0.05, 0.1) is 17.3 Å². The fourth-order valence-electron chi connectivity index (χ4n) is 2.90. The molecule has 0 saturated heterocycles. The van der Waals surface area contributed by atoms with Crippen molar-refractivity contribution in [2.75, 3.05) is 0 Å². The molecule has 0 unspecified atom stereocenters. The summed E-state index contributed by atoms with van der Waals surface area (Å²) in [7, 11) is 0. The number of hydrogen-bond donors (Lipinski definition) is 0. The zero-order valence-corrected chi connectivity index (χ0v) is 14.1. The molecular weight excluding hydrogens is 322 g/mol. The number of aromatic nitrogens is 2. The smallest absolute Gasteiger partial charge is 0.265 e. The first-order valence-corrected chi connectivity index (χ1v) is 8.45. The van der Waals surface area contributed by atoms with Crippen LogP contribution in [0.3, 0.4) is 0 Å². The maximum absolute atomic E-state index is 12.7. The molecule has 4 heteroatoms. The Morgan fingerprint density at radius 1 is 0.808 bits per heavy atom. The molecule has 1 heterocycles. The van der Waals surface area contributed by atoms with Gasteiger partial charge >= 0.3 is 0 Å². The van der Waals surface area contributed by atoms with Gasteiger partial charge in [-0.05, 0) is 17.2 Å². The molecule has 0 bridgehead atoms. The summed E-state index contributed by atoms with van der Waals surface area (Å²) in [4.78, 5) is 13.9. The van der Waals surface area contributed by atoms with Crippen LogP contribution in [-0.2, 0) is 6.42 Å². The first kappa shape index (κ1) is 16.0. The number of fused-ring (bicyclic) bond motifs is 1. The predicted octanol–water partition coefficient (Wildman–Crippen LogP) is 3.87. The zero-order valence-electron chi connectivity index (χ0n) is 14.1. The fraction of sp³-hybridized carbons (Fsp3) is 0.0455. The van der Waals surface area contributed by atoms with Crippen LogP contribution < -0.4 is 5.56 Å². The minimum absolute atomic E-state index is 0.218. The van der Waals surface area contributed by atoms with Crippen LogP contribution in [0.5, 0.6) is 0 Å². The van der Waals surface area contributed by atoms with Gasteiger partial charge in [0.2, 0.25) is 0 Å². The van der Waals surface area contributed by atoms with E-state index in [1.54, 1.807) is 6.21 Å². The number of benzene rings is 3. The molecule has 0 amide bonds. The number of nitrogens with zero attached hydrogens (tertiary/aromatic N) is 3. The van der Waals surface area contributed by atoms with Crippen molar-refractivity contribution in [2.24, 2.45) is 5.10 Å². The second kappa shape index (κ2) is 7.15. The molecule has 4 rings (SSSR count). The Kier molecular flexibility index (Phi) is 4.39. The van der Waals surface area contributed by atoms with Crippen molar-refractivity contribution in [2.45, 2.75) is 6.42 Å². The second-order valence-corrected chi connectivity index (χ2v) is 6.00. The standard InChI is InChI=1S/C22H17N3O/c26-22-20-14-8-7-13-19(20)21(15-17-9-3-1-4-10-17)24-25(22)23-16-18-11-5-2-6-12-18/h1-14,16H,15H2. The van der Waals surface area contributed by atoms with E-state index in [4.69, 9.17) is 0 Å². The lowest BCUT2D eigenvalue weighted by Crippen LogP contribution is -2.21. The lowest BCUT2D eigenvalue weighted by molar-refractivity contribution is 0.679. The first-order chi connectivity index (χ1) is 12.8. The summed E-state index contributed by atoms with van der Waals surface area (Å²) < 4.78 is 0. The van der Waals surface area contributed by atoms with Crippen molar-refractivity contribution in [1.29, 1.82) is 0 Å². The first-order valence-electron chi connectivity index (χ1n) is 8.45. The van der Waals surface area contributed by atoms with Gasteiger partial charge in [0.25, 0.3) is 5.56 Å². The lowest BCUT2D eigenvalue weighted by atomic mass is 10.0. The molecule has 26 heavy (non-hydrogen) atoms. The molecule has 0 aliphatic heterocycles. The Bertz CT molecular complexity index is 1120. The summed E-state index contributed by atoms with van der Waals surface area (Å²) in [5.74, 6) is 0. The van der Waals surface area contributed by atoms with Crippen molar-refractivity contribution in [3.05, 3.63) is 112 Å². The summed E-state index contributed by atoms with van der Waals surface area (Å²) >= 11 is 0. The highest BCUT2D eigenvalue weighted by Gasteiger charge is 2.10. The van der Waals surface area contributed by atoms with Crippen LogP contribution in [0, 0.1) is 0 Å². The van der Waals surface area contributed by atoms with E-state index in [0.29, 0.717) is 11.8 Å². The Balaban J connectivity index is 1.82. The molecule has 1 aromatic heterocycles. The highest BCUT2D eigenvalue weighted by molar-refractivity contribution is 5.84. The quantitative estimate of drug-likeness (QED) is 0.530. The van der Waals surface area contributed by atoms with Crippen molar-refractivity contribution in [3.63, 3.8) is 0 Å². The maximum atomic E-state index is 12.7. The van der Waals surface area contributed by atoms with E-state index in [-0.39, 0.29) is 5.56 Å². The van der Waals surface area contributed by atoms with Crippen LogP contribution in [0.15, 0.2) is 94.8 Å². The Labute approximate surface area is 151 Å². The highest BCUT2D eigenvalue weighted by Crippen LogP contribution is 2.16. The predicted molar refractivity (Wildman–Crippen MR) is 105 cm³/mol. The van der Waals surface area contributed by atoms with E-state index >= 15 is 0 Å². The van der Waals surface area contributed by atoms with Gasteiger partial charge in [-0.3, -0.25) is 4.79 Å². The SMILES string of the molecule is O=c1c2ccccc2c(Cc2ccccc2)nn1N=Cc1ccccc1. The topological polar surface area (TPSA) is 47.2 Å². The molecule has 0 aliphatic rings. The zero-order chi connectivity index (χ0) is 17.8. The Hall–Kier alpha value is -3.53. The van der Waals surface area contributed by atoms with E-state index in [1.807, 2.05) is 72.8 Å². The largest absolute Gasteiger partial charge is 0.295 e. The summed E-state index contributed by atoms with van der Waals surface area (Å²) in [6, 6.07) is 27.3. The minimum atomic E-state index is -0.218. The van der Waals surface area contributed by atoms with E-state index in [2.05, 4.69) is 22.3 Å². The fourth-order valence-corrected chi connectivity index (χ4v) is 2.90. The van der Waals surface area contributed by atoms with Crippen LogP contribution in [0.2, 0.25) is 0 Å². The third-order valence-electron chi connectivity index (χ3n) is 4.20. The van der Waals surface area contributed by atoms with Gasteiger partial charge in [0.15, 0.2) is 0 Å². The minimum Gasteiger partial charge on any atom is -0.265 e. The molecule has 4 aromatic rings. The normalized spacial score (nSPS) is 11.2. The lowest BCUT2D eigenvalue weighted by Gasteiger charge is -2.08. The molecular formula is C22H17N3O. The summed E-state index contributed by atoms with van der Waals surface area (Å²) in [6.07, 6.45) is 2.29. The summed E-state index contributed by atoms with van der Waals surface area (Å²) in [6.45, 7) is 0. The molecule has 0 spiro atoms. The molecule has 0 radical (unpaired) electrons. The van der Waals surface area contributed by atoms with Gasteiger partial charge < -0.3 is 0 Å². The van der Waals surface area contributed by atoms with E-state index < -0.39 is 0 Å². The van der Waals surface area contributed by atoms with Gasteiger partial charge in [-0.25, -0.2) is 0 Å². The van der Waals surface area contributed by atoms with E-state index in [9.17, 15) is 4.79 Å². The average molecular weight is 339 g/mol. The molecule has 4 nitrogen and oxygen atoms in total.